The second kappa shape index (κ2) is 13.4. The minimum Gasteiger partial charge on any atom is -0.550 e. The van der Waals surface area contributed by atoms with E-state index in [2.05, 4.69) is 53.9 Å². The molecule has 0 bridgehead atoms. The molecule has 0 aliphatic heterocycles. The number of fused-ring (bicyclic) bond motifs is 1. The van der Waals surface area contributed by atoms with Crippen LogP contribution in [0.2, 0.25) is 0 Å². The quantitative estimate of drug-likeness (QED) is 0.257. The van der Waals surface area contributed by atoms with Gasteiger partial charge >= 0.3 is 29.6 Å². The van der Waals surface area contributed by atoms with Crippen LogP contribution in [-0.4, -0.2) is 21.8 Å². The van der Waals surface area contributed by atoms with Gasteiger partial charge in [-0.05, 0) is 109 Å². The second-order valence-corrected chi connectivity index (χ2v) is 13.3. The first-order valence-electron chi connectivity index (χ1n) is 13.5. The number of carbonyl (C=O) groups excluding carboxylic acids is 1. The number of nitrogens with zero attached hydrogens (tertiary/aromatic N) is 1. The Bertz CT molecular complexity index is 1490. The molecule has 0 radical (unpaired) electrons. The van der Waals surface area contributed by atoms with E-state index >= 15 is 0 Å². The molecule has 1 aliphatic carbocycles. The molecule has 40 heavy (non-hydrogen) atoms. The summed E-state index contributed by atoms with van der Waals surface area (Å²) in [4.78, 5) is 16.1. The molecule has 1 saturated carbocycles. The Hall–Kier alpha value is -1.93. The number of aromatic nitrogens is 1. The predicted octanol–water partition coefficient (Wildman–Crippen LogP) is 4.03. The number of hydrogen-bond donors (Lipinski definition) is 1. The Labute approximate surface area is 267 Å². The minimum absolute atomic E-state index is 0. The fourth-order valence-corrected chi connectivity index (χ4v) is 7.40. The van der Waals surface area contributed by atoms with Crippen molar-refractivity contribution in [2.45, 2.75) is 56.8 Å². The van der Waals surface area contributed by atoms with Crippen molar-refractivity contribution in [2.75, 3.05) is 5.75 Å². The fraction of sp³-hybridized carbons (Fsp3) is 0.333. The van der Waals surface area contributed by atoms with E-state index in [1.165, 1.54) is 10.3 Å². The number of carboxylic acid groups (broad SMARTS) is 1. The first-order valence-corrected chi connectivity index (χ1v) is 15.4. The molecular formula is C33H34NNaO3S2. The van der Waals surface area contributed by atoms with Crippen LogP contribution in [-0.2, 0) is 16.8 Å². The summed E-state index contributed by atoms with van der Waals surface area (Å²) in [6.07, 6.45) is 7.92. The molecular weight excluding hydrogens is 545 g/mol. The number of hydrogen-bond acceptors (Lipinski definition) is 6. The molecule has 4 nitrogen and oxygen atoms in total. The third-order valence-corrected chi connectivity index (χ3v) is 10.0. The van der Waals surface area contributed by atoms with Crippen LogP contribution in [0.15, 0.2) is 72.1 Å². The van der Waals surface area contributed by atoms with Crippen molar-refractivity contribution in [1.29, 1.82) is 0 Å². The van der Waals surface area contributed by atoms with Crippen molar-refractivity contribution < 1.29 is 44.6 Å². The van der Waals surface area contributed by atoms with Crippen molar-refractivity contribution in [3.8, 4) is 0 Å². The Balaban J connectivity index is 0.00000370. The smallest absolute Gasteiger partial charge is 0.550 e. The van der Waals surface area contributed by atoms with Crippen molar-refractivity contribution in [2.24, 2.45) is 5.41 Å². The summed E-state index contributed by atoms with van der Waals surface area (Å²) in [5, 5.41) is 24.3. The zero-order chi connectivity index (χ0) is 27.5. The van der Waals surface area contributed by atoms with Crippen LogP contribution in [0.1, 0.15) is 72.7 Å². The molecule has 2 heterocycles. The summed E-state index contributed by atoms with van der Waals surface area (Å²) < 4.78 is 1.19. The molecule has 2 aromatic heterocycles. The van der Waals surface area contributed by atoms with Crippen LogP contribution in [0.4, 0.5) is 0 Å². The number of thiophene rings is 1. The van der Waals surface area contributed by atoms with E-state index in [1.54, 1.807) is 11.3 Å². The van der Waals surface area contributed by atoms with Gasteiger partial charge in [0.15, 0.2) is 0 Å². The van der Waals surface area contributed by atoms with Gasteiger partial charge in [0.25, 0.3) is 0 Å². The average molecular weight is 580 g/mol. The van der Waals surface area contributed by atoms with Crippen LogP contribution < -0.4 is 34.7 Å². The summed E-state index contributed by atoms with van der Waals surface area (Å²) >= 11 is 3.55. The Morgan fingerprint density at radius 3 is 2.67 bits per heavy atom. The monoisotopic (exact) mass is 579 g/mol. The molecule has 1 aliphatic rings. The first-order chi connectivity index (χ1) is 18.7. The molecule has 0 unspecified atom stereocenters. The molecule has 4 aromatic rings. The molecule has 1 atom stereocenters. The number of aliphatic hydroxyl groups is 1. The molecule has 7 heteroatoms. The van der Waals surface area contributed by atoms with Crippen molar-refractivity contribution in [3.63, 3.8) is 0 Å². The largest absolute Gasteiger partial charge is 1.00 e. The van der Waals surface area contributed by atoms with Gasteiger partial charge in [0.05, 0.1) is 21.5 Å². The summed E-state index contributed by atoms with van der Waals surface area (Å²) in [6, 6.07) is 22.9. The predicted molar refractivity (Wildman–Crippen MR) is 161 cm³/mol. The molecule has 0 amide bonds. The summed E-state index contributed by atoms with van der Waals surface area (Å²) in [5.74, 6) is -0.145. The van der Waals surface area contributed by atoms with E-state index in [0.29, 0.717) is 0 Å². The van der Waals surface area contributed by atoms with Gasteiger partial charge in [0, 0.05) is 11.2 Å². The van der Waals surface area contributed by atoms with Gasteiger partial charge in [-0.1, -0.05) is 54.6 Å². The van der Waals surface area contributed by atoms with Gasteiger partial charge in [-0.2, -0.15) is 11.8 Å². The minimum atomic E-state index is -0.954. The molecule has 2 aromatic carbocycles. The topological polar surface area (TPSA) is 73.2 Å². The fourth-order valence-electron chi connectivity index (χ4n) is 5.11. The SMILES string of the molecule is CC(C)(O)c1ccccc1CC[C@@H](SCC1(CC(=O)[O-])CC1)c1cccc(C=Cc2ccc3sccc3n2)c1.[Na+]. The van der Waals surface area contributed by atoms with Gasteiger partial charge in [0.1, 0.15) is 0 Å². The number of pyridine rings is 1. The Morgan fingerprint density at radius 2 is 1.93 bits per heavy atom. The number of thioether (sulfide) groups is 1. The standard InChI is InChI=1S/C33H35NO3S2.Na/c1-32(2,37)27-9-4-3-7-24(27)11-14-29(39-22-33(17-18-33)21-31(35)36)25-8-5-6-23(20-25)10-12-26-13-15-30-28(34-26)16-19-38-30;/h3-10,12-13,15-16,19-20,29,37H,11,14,17-18,21-22H2,1-2H3,(H,35,36);/q;+1/p-1/t29-;/m1./s1. The Morgan fingerprint density at radius 1 is 1.12 bits per heavy atom. The van der Waals surface area contributed by atoms with Crippen molar-refractivity contribution in [3.05, 3.63) is 100 Å². The maximum Gasteiger partial charge on any atom is 1.00 e. The number of carbonyl (C=O) groups is 1. The molecule has 202 valence electrons. The number of benzene rings is 2. The normalized spacial score (nSPS) is 15.2. The number of aliphatic carboxylic acids is 1. The Kier molecular flexibility index (Phi) is 10.4. The summed E-state index contributed by atoms with van der Waals surface area (Å²) in [5.41, 5.74) is 5.36. The van der Waals surface area contributed by atoms with E-state index in [1.807, 2.05) is 55.9 Å². The van der Waals surface area contributed by atoms with E-state index in [-0.39, 0.29) is 46.6 Å². The summed E-state index contributed by atoms with van der Waals surface area (Å²) in [7, 11) is 0. The number of carboxylic acids is 1. The maximum atomic E-state index is 11.3. The zero-order valence-electron chi connectivity index (χ0n) is 23.4. The van der Waals surface area contributed by atoms with E-state index in [4.69, 9.17) is 4.98 Å². The number of aryl methyl sites for hydroxylation is 1. The van der Waals surface area contributed by atoms with Gasteiger partial charge in [0.2, 0.25) is 0 Å². The molecule has 1 fully saturated rings. The molecule has 5 rings (SSSR count). The molecule has 0 spiro atoms. The maximum absolute atomic E-state index is 11.3. The number of rotatable bonds is 12. The molecule has 1 N–H and O–H groups in total. The summed E-state index contributed by atoms with van der Waals surface area (Å²) in [6.45, 7) is 3.66. The third-order valence-electron chi connectivity index (χ3n) is 7.48. The average Bonchev–Trinajstić information content (AvgIpc) is 3.49. The van der Waals surface area contributed by atoms with E-state index in [9.17, 15) is 15.0 Å². The van der Waals surface area contributed by atoms with Gasteiger partial charge in [-0.15, -0.1) is 11.3 Å². The van der Waals surface area contributed by atoms with Crippen molar-refractivity contribution >= 4 is 51.4 Å². The van der Waals surface area contributed by atoms with Crippen LogP contribution in [0.5, 0.6) is 0 Å². The van der Waals surface area contributed by atoms with E-state index < -0.39 is 11.6 Å². The second-order valence-electron chi connectivity index (χ2n) is 11.1. The third kappa shape index (κ3) is 8.09. The van der Waals surface area contributed by atoms with Gasteiger partial charge in [-0.25, -0.2) is 4.98 Å². The zero-order valence-corrected chi connectivity index (χ0v) is 27.1. The van der Waals surface area contributed by atoms with E-state index in [0.717, 1.165) is 59.3 Å². The van der Waals surface area contributed by atoms with Gasteiger partial charge < -0.3 is 15.0 Å². The van der Waals surface area contributed by atoms with Crippen LogP contribution in [0.25, 0.3) is 22.4 Å². The van der Waals surface area contributed by atoms with Crippen molar-refractivity contribution in [1.82, 2.24) is 4.98 Å². The molecule has 0 saturated heterocycles. The van der Waals surface area contributed by atoms with Crippen LogP contribution >= 0.6 is 23.1 Å². The van der Waals surface area contributed by atoms with Gasteiger partial charge in [-0.3, -0.25) is 0 Å². The first kappa shape index (κ1) is 31.0. The van der Waals surface area contributed by atoms with Crippen LogP contribution in [0.3, 0.4) is 0 Å². The van der Waals surface area contributed by atoms with Crippen LogP contribution in [0, 0.1) is 5.41 Å².